The molecule has 0 aromatic heterocycles. The van der Waals surface area contributed by atoms with Crippen LogP contribution in [0.5, 0.6) is 0 Å². The molecule has 4 rings (SSSR count). The molecule has 33 heavy (non-hydrogen) atoms. The molecule has 0 bridgehead atoms. The Morgan fingerprint density at radius 3 is 2.67 bits per heavy atom. The molecule has 7 nitrogen and oxygen atoms in total. The van der Waals surface area contributed by atoms with Crippen molar-refractivity contribution in [1.29, 1.82) is 0 Å². The Bertz CT molecular complexity index is 1210. The van der Waals surface area contributed by atoms with Gasteiger partial charge in [-0.25, -0.2) is 12.8 Å². The van der Waals surface area contributed by atoms with Gasteiger partial charge in [-0.1, -0.05) is 13.0 Å². The van der Waals surface area contributed by atoms with Gasteiger partial charge in [-0.05, 0) is 74.6 Å². The van der Waals surface area contributed by atoms with Crippen molar-refractivity contribution in [2.75, 3.05) is 29.9 Å². The maximum Gasteiger partial charge on any atom is 0.244 e. The minimum atomic E-state index is -3.68. The minimum Gasteiger partial charge on any atom is -0.324 e. The largest absolute Gasteiger partial charge is 0.324 e. The second-order valence-corrected chi connectivity index (χ2v) is 11.3. The molecule has 2 aliphatic rings. The highest BCUT2D eigenvalue weighted by molar-refractivity contribution is 7.89. The van der Waals surface area contributed by atoms with Crippen LogP contribution in [0, 0.1) is 11.7 Å². The molecule has 1 fully saturated rings. The van der Waals surface area contributed by atoms with Crippen LogP contribution in [0.2, 0.25) is 0 Å². The third-order valence-corrected chi connectivity index (χ3v) is 8.24. The predicted molar refractivity (Wildman–Crippen MR) is 124 cm³/mol. The average Bonchev–Trinajstić information content (AvgIpc) is 2.94. The van der Waals surface area contributed by atoms with Gasteiger partial charge in [0.15, 0.2) is 0 Å². The molecular formula is C24H28FN3O4S. The Balaban J connectivity index is 1.60. The molecule has 2 aliphatic heterocycles. The van der Waals surface area contributed by atoms with Gasteiger partial charge in [0.2, 0.25) is 21.8 Å². The number of piperidine rings is 1. The van der Waals surface area contributed by atoms with Crippen LogP contribution in [-0.4, -0.2) is 44.2 Å². The molecule has 2 aromatic rings. The summed E-state index contributed by atoms with van der Waals surface area (Å²) in [5.41, 5.74) is 0.376. The maximum atomic E-state index is 13.4. The third-order valence-electron chi connectivity index (χ3n) is 6.38. The highest BCUT2D eigenvalue weighted by atomic mass is 32.2. The first kappa shape index (κ1) is 23.4. The second-order valence-electron chi connectivity index (χ2n) is 9.36. The van der Waals surface area contributed by atoms with Crippen LogP contribution in [0.15, 0.2) is 47.4 Å². The van der Waals surface area contributed by atoms with E-state index >= 15 is 0 Å². The lowest BCUT2D eigenvalue weighted by Crippen LogP contribution is -2.40. The van der Waals surface area contributed by atoms with Gasteiger partial charge < -0.3 is 10.2 Å². The second kappa shape index (κ2) is 8.53. The van der Waals surface area contributed by atoms with Gasteiger partial charge in [0.05, 0.1) is 10.3 Å². The van der Waals surface area contributed by atoms with Crippen molar-refractivity contribution >= 4 is 33.2 Å². The van der Waals surface area contributed by atoms with Crippen LogP contribution < -0.4 is 10.2 Å². The van der Waals surface area contributed by atoms with Gasteiger partial charge in [0.1, 0.15) is 12.4 Å². The van der Waals surface area contributed by atoms with Crippen molar-refractivity contribution in [3.63, 3.8) is 0 Å². The zero-order chi connectivity index (χ0) is 24.0. The molecule has 2 aromatic carbocycles. The van der Waals surface area contributed by atoms with Gasteiger partial charge in [-0.2, -0.15) is 4.31 Å². The molecule has 1 atom stereocenters. The van der Waals surface area contributed by atoms with Crippen molar-refractivity contribution in [2.45, 2.75) is 43.9 Å². The molecule has 1 saturated heterocycles. The lowest BCUT2D eigenvalue weighted by Gasteiger charge is -2.30. The lowest BCUT2D eigenvalue weighted by atomic mass is 9.86. The number of halogens is 1. The molecule has 2 heterocycles. The van der Waals surface area contributed by atoms with E-state index in [1.165, 1.54) is 33.5 Å². The Kier molecular flexibility index (Phi) is 6.05. The van der Waals surface area contributed by atoms with Crippen LogP contribution in [0.3, 0.4) is 0 Å². The topological polar surface area (TPSA) is 86.8 Å². The van der Waals surface area contributed by atoms with Crippen LogP contribution >= 0.6 is 0 Å². The summed E-state index contributed by atoms with van der Waals surface area (Å²) in [4.78, 5) is 27.2. The first-order valence-corrected chi connectivity index (χ1v) is 12.5. The molecule has 0 saturated carbocycles. The smallest absolute Gasteiger partial charge is 0.244 e. The predicted octanol–water partition coefficient (Wildman–Crippen LogP) is 3.51. The number of fused-ring (bicyclic) bond motifs is 1. The van der Waals surface area contributed by atoms with Gasteiger partial charge in [0.25, 0.3) is 0 Å². The van der Waals surface area contributed by atoms with Crippen LogP contribution in [0.1, 0.15) is 39.2 Å². The molecule has 176 valence electrons. The fourth-order valence-electron chi connectivity index (χ4n) is 4.55. The minimum absolute atomic E-state index is 0.155. The number of hydrogen-bond donors (Lipinski definition) is 1. The number of hydrogen-bond acceptors (Lipinski definition) is 4. The zero-order valence-electron chi connectivity index (χ0n) is 19.0. The van der Waals surface area contributed by atoms with E-state index in [2.05, 4.69) is 5.32 Å². The summed E-state index contributed by atoms with van der Waals surface area (Å²) in [7, 11) is -3.68. The lowest BCUT2D eigenvalue weighted by molar-refractivity contribution is -0.124. The van der Waals surface area contributed by atoms with Crippen molar-refractivity contribution < 1.29 is 22.4 Å². The maximum absolute atomic E-state index is 13.4. The van der Waals surface area contributed by atoms with E-state index in [0.717, 1.165) is 12.8 Å². The monoisotopic (exact) mass is 473 g/mol. The van der Waals surface area contributed by atoms with E-state index in [4.69, 9.17) is 0 Å². The quantitative estimate of drug-likeness (QED) is 0.720. The van der Waals surface area contributed by atoms with Gasteiger partial charge in [-0.3, -0.25) is 9.59 Å². The van der Waals surface area contributed by atoms with Crippen LogP contribution in [0.4, 0.5) is 15.8 Å². The van der Waals surface area contributed by atoms with E-state index in [1.54, 1.807) is 32.0 Å². The fourth-order valence-corrected chi connectivity index (χ4v) is 6.18. The summed E-state index contributed by atoms with van der Waals surface area (Å²) in [6.45, 7) is 6.18. The summed E-state index contributed by atoms with van der Waals surface area (Å²) >= 11 is 0. The van der Waals surface area contributed by atoms with E-state index < -0.39 is 27.2 Å². The zero-order valence-corrected chi connectivity index (χ0v) is 19.8. The first-order chi connectivity index (χ1) is 15.5. The van der Waals surface area contributed by atoms with E-state index in [9.17, 15) is 22.4 Å². The molecule has 0 aliphatic carbocycles. The summed E-state index contributed by atoms with van der Waals surface area (Å²) in [5.74, 6) is -0.953. The van der Waals surface area contributed by atoms with Crippen molar-refractivity contribution in [2.24, 2.45) is 5.92 Å². The molecule has 0 spiro atoms. The van der Waals surface area contributed by atoms with E-state index in [0.29, 0.717) is 35.9 Å². The highest BCUT2D eigenvalue weighted by Crippen LogP contribution is 2.43. The first-order valence-electron chi connectivity index (χ1n) is 11.0. The number of carbonyl (C=O) groups excluding carboxylic acids is 2. The van der Waals surface area contributed by atoms with Gasteiger partial charge in [0, 0.05) is 24.5 Å². The standard InChI is InChI=1S/C24H28FN3O4S/c1-16-6-5-11-27(14-16)33(31,32)19-9-10-21-20(13-19)24(2,3)23(30)28(21)15-22(29)26-18-8-4-7-17(25)12-18/h4,7-10,12-13,16H,5-6,11,14-15H2,1-3H3,(H,26,29)/t16-/m0/s1. The van der Waals surface area contributed by atoms with Crippen molar-refractivity contribution in [3.8, 4) is 0 Å². The van der Waals surface area contributed by atoms with E-state index in [-0.39, 0.29) is 17.3 Å². The summed E-state index contributed by atoms with van der Waals surface area (Å²) in [6, 6.07) is 10.2. The summed E-state index contributed by atoms with van der Waals surface area (Å²) in [6.07, 6.45) is 1.83. The van der Waals surface area contributed by atoms with Gasteiger partial charge >= 0.3 is 0 Å². The summed E-state index contributed by atoms with van der Waals surface area (Å²) < 4.78 is 41.4. The molecule has 0 unspecified atom stereocenters. The number of anilines is 2. The Labute approximate surface area is 193 Å². The number of sulfonamides is 1. The third kappa shape index (κ3) is 4.39. The van der Waals surface area contributed by atoms with Gasteiger partial charge in [-0.15, -0.1) is 0 Å². The fraction of sp³-hybridized carbons (Fsp3) is 0.417. The Morgan fingerprint density at radius 1 is 1.21 bits per heavy atom. The average molecular weight is 474 g/mol. The molecule has 0 radical (unpaired) electrons. The van der Waals surface area contributed by atoms with Crippen LogP contribution in [-0.2, 0) is 25.0 Å². The normalized spacial score (nSPS) is 20.5. The summed E-state index contributed by atoms with van der Waals surface area (Å²) in [5, 5.41) is 2.60. The van der Waals surface area contributed by atoms with E-state index in [1.807, 2.05) is 6.92 Å². The highest BCUT2D eigenvalue weighted by Gasteiger charge is 2.45. The van der Waals surface area contributed by atoms with Crippen molar-refractivity contribution in [1.82, 2.24) is 4.31 Å². The number of amides is 2. The number of nitrogens with zero attached hydrogens (tertiary/aromatic N) is 2. The molecular weight excluding hydrogens is 445 g/mol. The molecule has 2 amide bonds. The number of carbonyl (C=O) groups is 2. The molecule has 1 N–H and O–H groups in total. The van der Waals surface area contributed by atoms with Crippen molar-refractivity contribution in [3.05, 3.63) is 53.8 Å². The number of nitrogens with one attached hydrogen (secondary N) is 1. The number of rotatable bonds is 5. The SMILES string of the molecule is C[C@H]1CCCN(S(=O)(=O)c2ccc3c(c2)C(C)(C)C(=O)N3CC(=O)Nc2cccc(F)c2)C1. The Morgan fingerprint density at radius 2 is 1.97 bits per heavy atom. The Hall–Kier alpha value is -2.78. The van der Waals surface area contributed by atoms with Crippen LogP contribution in [0.25, 0.3) is 0 Å². The number of benzene rings is 2. The molecule has 9 heteroatoms.